The van der Waals surface area contributed by atoms with Crippen LogP contribution in [0.15, 0.2) is 44.2 Å². The van der Waals surface area contributed by atoms with Crippen LogP contribution in [0.5, 0.6) is 11.5 Å². The highest BCUT2D eigenvalue weighted by Gasteiger charge is 2.15. The van der Waals surface area contributed by atoms with Crippen LogP contribution in [0.25, 0.3) is 0 Å². The van der Waals surface area contributed by atoms with Crippen LogP contribution in [0.3, 0.4) is 0 Å². The van der Waals surface area contributed by atoms with E-state index in [1.165, 1.54) is 24.3 Å². The van der Waals surface area contributed by atoms with Crippen molar-refractivity contribution in [3.8, 4) is 11.5 Å². The summed E-state index contributed by atoms with van der Waals surface area (Å²) >= 11 is 6.11. The second-order valence-electron chi connectivity index (χ2n) is 3.94. The zero-order chi connectivity index (χ0) is 15.8. The number of ether oxygens (including phenoxy) is 1. The Bertz CT molecular complexity index is 812. The molecule has 2 aromatic rings. The van der Waals surface area contributed by atoms with Gasteiger partial charge in [-0.15, -0.1) is 0 Å². The lowest BCUT2D eigenvalue weighted by Crippen LogP contribution is -2.12. The molecule has 0 heterocycles. The number of hydrogen-bond donors (Lipinski definition) is 1. The van der Waals surface area contributed by atoms with Crippen molar-refractivity contribution in [2.24, 2.45) is 5.14 Å². The first-order valence-electron chi connectivity index (χ1n) is 5.33. The van der Waals surface area contributed by atoms with Crippen LogP contribution < -0.4 is 9.88 Å². The molecule has 2 N–H and O–H groups in total. The predicted octanol–water partition coefficient (Wildman–Crippen LogP) is 3.93. The molecule has 4 nitrogen and oxygen atoms in total. The molecular weight excluding hydrogens is 436 g/mol. The van der Waals surface area contributed by atoms with Crippen LogP contribution in [-0.4, -0.2) is 8.42 Å². The van der Waals surface area contributed by atoms with Gasteiger partial charge in [-0.1, -0.05) is 15.9 Å². The highest BCUT2D eigenvalue weighted by Crippen LogP contribution is 2.34. The van der Waals surface area contributed by atoms with E-state index in [4.69, 9.17) is 9.88 Å². The summed E-state index contributed by atoms with van der Waals surface area (Å²) in [5.41, 5.74) is 0. The molecule has 0 aliphatic carbocycles. The van der Waals surface area contributed by atoms with Crippen LogP contribution in [0.2, 0.25) is 0 Å². The fourth-order valence-electron chi connectivity index (χ4n) is 1.47. The fraction of sp³-hybridized carbons (Fsp3) is 0. The Hall–Kier alpha value is -1.03. The Morgan fingerprint density at radius 3 is 2.29 bits per heavy atom. The highest BCUT2D eigenvalue weighted by molar-refractivity contribution is 9.10. The molecule has 21 heavy (non-hydrogen) atoms. The minimum Gasteiger partial charge on any atom is -0.453 e. The molecule has 112 valence electrons. The Morgan fingerprint density at radius 2 is 1.71 bits per heavy atom. The van der Waals surface area contributed by atoms with Gasteiger partial charge in [-0.05, 0) is 46.3 Å². The molecule has 9 heteroatoms. The van der Waals surface area contributed by atoms with E-state index in [1.807, 2.05) is 0 Å². The summed E-state index contributed by atoms with van der Waals surface area (Å²) in [6, 6.07) is 5.89. The summed E-state index contributed by atoms with van der Waals surface area (Å²) in [5, 5.41) is 4.99. The molecule has 0 radical (unpaired) electrons. The number of halogens is 4. The van der Waals surface area contributed by atoms with Crippen molar-refractivity contribution in [2.75, 3.05) is 0 Å². The molecule has 0 aromatic heterocycles. The standard InChI is InChI=1S/C12H7Br2F2NO3S/c13-6-3-9(15)12(16)11(4-6)20-10-2-1-7(5-8(10)14)21(17,18)19/h1-5H,(H2,17,18,19). The van der Waals surface area contributed by atoms with Gasteiger partial charge in [0.15, 0.2) is 11.6 Å². The molecule has 0 amide bonds. The van der Waals surface area contributed by atoms with E-state index in [-0.39, 0.29) is 20.9 Å². The minimum absolute atomic E-state index is 0.110. The molecule has 0 fully saturated rings. The fourth-order valence-corrected chi connectivity index (χ4v) is 3.03. The normalized spacial score (nSPS) is 11.5. The number of nitrogens with two attached hydrogens (primary N) is 1. The van der Waals surface area contributed by atoms with Crippen molar-refractivity contribution < 1.29 is 21.9 Å². The monoisotopic (exact) mass is 441 g/mol. The minimum atomic E-state index is -3.86. The third kappa shape index (κ3) is 3.79. The van der Waals surface area contributed by atoms with Gasteiger partial charge in [-0.3, -0.25) is 0 Å². The third-order valence-corrected chi connectivity index (χ3v) is 4.40. The zero-order valence-electron chi connectivity index (χ0n) is 10.1. The summed E-state index contributed by atoms with van der Waals surface area (Å²) in [7, 11) is -3.86. The van der Waals surface area contributed by atoms with Gasteiger partial charge in [-0.2, -0.15) is 4.39 Å². The molecule has 0 saturated heterocycles. The number of sulfonamides is 1. The average molecular weight is 443 g/mol. The third-order valence-electron chi connectivity index (χ3n) is 2.41. The summed E-state index contributed by atoms with van der Waals surface area (Å²) in [6.45, 7) is 0. The first kappa shape index (κ1) is 16.3. The van der Waals surface area contributed by atoms with Gasteiger partial charge in [0.05, 0.1) is 9.37 Å². The van der Waals surface area contributed by atoms with Crippen LogP contribution >= 0.6 is 31.9 Å². The van der Waals surface area contributed by atoms with Gasteiger partial charge in [0, 0.05) is 4.47 Å². The Balaban J connectivity index is 2.42. The Kier molecular flexibility index (Phi) is 4.66. The van der Waals surface area contributed by atoms with Crippen molar-refractivity contribution in [1.82, 2.24) is 0 Å². The lowest BCUT2D eigenvalue weighted by atomic mass is 10.3. The van der Waals surface area contributed by atoms with Gasteiger partial charge in [-0.25, -0.2) is 17.9 Å². The van der Waals surface area contributed by atoms with Gasteiger partial charge < -0.3 is 4.74 Å². The second kappa shape index (κ2) is 5.99. The molecule has 0 atom stereocenters. The molecule has 0 bridgehead atoms. The molecular formula is C12H7Br2F2NO3S. The van der Waals surface area contributed by atoms with Gasteiger partial charge in [0.25, 0.3) is 0 Å². The number of benzene rings is 2. The van der Waals surface area contributed by atoms with E-state index in [0.29, 0.717) is 4.47 Å². The first-order chi connectivity index (χ1) is 9.68. The van der Waals surface area contributed by atoms with Crippen molar-refractivity contribution in [1.29, 1.82) is 0 Å². The van der Waals surface area contributed by atoms with E-state index >= 15 is 0 Å². The van der Waals surface area contributed by atoms with E-state index in [0.717, 1.165) is 6.07 Å². The summed E-state index contributed by atoms with van der Waals surface area (Å²) in [4.78, 5) is -0.136. The van der Waals surface area contributed by atoms with Gasteiger partial charge in [0.1, 0.15) is 5.75 Å². The smallest absolute Gasteiger partial charge is 0.238 e. The molecule has 2 rings (SSSR count). The van der Waals surface area contributed by atoms with Crippen molar-refractivity contribution in [2.45, 2.75) is 4.90 Å². The van der Waals surface area contributed by atoms with Crippen molar-refractivity contribution in [3.63, 3.8) is 0 Å². The summed E-state index contributed by atoms with van der Waals surface area (Å²) < 4.78 is 55.1. The van der Waals surface area contributed by atoms with E-state index in [9.17, 15) is 17.2 Å². The van der Waals surface area contributed by atoms with Crippen LogP contribution in [-0.2, 0) is 10.0 Å². The number of primary sulfonamides is 1. The molecule has 2 aromatic carbocycles. The van der Waals surface area contributed by atoms with Gasteiger partial charge >= 0.3 is 0 Å². The van der Waals surface area contributed by atoms with Crippen LogP contribution in [0.4, 0.5) is 8.78 Å². The lowest BCUT2D eigenvalue weighted by Gasteiger charge is -2.10. The maximum absolute atomic E-state index is 13.6. The molecule has 0 aliphatic heterocycles. The predicted molar refractivity (Wildman–Crippen MR) is 79.6 cm³/mol. The molecule has 0 spiro atoms. The Morgan fingerprint density at radius 1 is 1.05 bits per heavy atom. The van der Waals surface area contributed by atoms with E-state index in [2.05, 4.69) is 31.9 Å². The lowest BCUT2D eigenvalue weighted by molar-refractivity contribution is 0.413. The SMILES string of the molecule is NS(=O)(=O)c1ccc(Oc2cc(Br)cc(F)c2F)c(Br)c1. The molecule has 0 saturated carbocycles. The summed E-state index contributed by atoms with van der Waals surface area (Å²) in [6.07, 6.45) is 0. The number of hydrogen-bond acceptors (Lipinski definition) is 3. The largest absolute Gasteiger partial charge is 0.453 e. The van der Waals surface area contributed by atoms with Crippen molar-refractivity contribution >= 4 is 41.9 Å². The first-order valence-corrected chi connectivity index (χ1v) is 8.46. The van der Waals surface area contributed by atoms with Crippen LogP contribution in [0, 0.1) is 11.6 Å². The summed E-state index contributed by atoms with van der Waals surface area (Å²) in [5.74, 6) is -2.46. The molecule has 0 aliphatic rings. The van der Waals surface area contributed by atoms with Crippen LogP contribution in [0.1, 0.15) is 0 Å². The number of rotatable bonds is 3. The van der Waals surface area contributed by atoms with E-state index < -0.39 is 21.7 Å². The van der Waals surface area contributed by atoms with Gasteiger partial charge in [0.2, 0.25) is 15.8 Å². The highest BCUT2D eigenvalue weighted by atomic mass is 79.9. The van der Waals surface area contributed by atoms with E-state index in [1.54, 1.807) is 0 Å². The zero-order valence-corrected chi connectivity index (χ0v) is 14.1. The average Bonchev–Trinajstić information content (AvgIpc) is 2.36. The van der Waals surface area contributed by atoms with Crippen molar-refractivity contribution in [3.05, 3.63) is 50.9 Å². The quantitative estimate of drug-likeness (QED) is 0.732. The Labute approximate surface area is 136 Å². The second-order valence-corrected chi connectivity index (χ2v) is 7.27. The molecule has 0 unspecified atom stereocenters. The maximum Gasteiger partial charge on any atom is 0.238 e. The topological polar surface area (TPSA) is 69.4 Å². The maximum atomic E-state index is 13.6.